The number of imidazole rings is 2. The Bertz CT molecular complexity index is 939. The molecule has 6 heteroatoms. The monoisotopic (exact) mass is 337 g/mol. The van der Waals surface area contributed by atoms with Gasteiger partial charge in [0.2, 0.25) is 0 Å². The lowest BCUT2D eigenvalue weighted by Crippen LogP contribution is -2.40. The highest BCUT2D eigenvalue weighted by Gasteiger charge is 2.26. The molecule has 1 aromatic carbocycles. The fraction of sp³-hybridized carbons (Fsp3) is 0.421. The van der Waals surface area contributed by atoms with Crippen molar-refractivity contribution in [3.05, 3.63) is 47.8 Å². The molecule has 0 saturated carbocycles. The van der Waals surface area contributed by atoms with Crippen LogP contribution in [0.1, 0.15) is 40.9 Å². The number of likely N-dealkylation sites (tertiary alicyclic amines) is 1. The molecule has 0 radical (unpaired) electrons. The van der Waals surface area contributed by atoms with Gasteiger partial charge in [-0.25, -0.2) is 9.97 Å². The Morgan fingerprint density at radius 3 is 2.84 bits per heavy atom. The standard InChI is InChI=1S/C19H23N5O/c1-13-20-8-10-24(13)16-5-4-9-23(12-16)19(25)15-6-7-18-17(11-15)21-14(2)22(18)3/h6-8,10-11,16H,4-5,9,12H2,1-3H3/t16-/m0/s1. The van der Waals surface area contributed by atoms with E-state index in [2.05, 4.69) is 14.5 Å². The molecule has 1 fully saturated rings. The minimum absolute atomic E-state index is 0.0904. The van der Waals surface area contributed by atoms with Crippen LogP contribution < -0.4 is 0 Å². The third kappa shape index (κ3) is 2.71. The molecule has 3 heterocycles. The molecular weight excluding hydrogens is 314 g/mol. The van der Waals surface area contributed by atoms with E-state index in [0.29, 0.717) is 11.6 Å². The van der Waals surface area contributed by atoms with Crippen LogP contribution in [0.2, 0.25) is 0 Å². The zero-order valence-electron chi connectivity index (χ0n) is 14.9. The fourth-order valence-electron chi connectivity index (χ4n) is 3.78. The number of nitrogens with zero attached hydrogens (tertiary/aromatic N) is 5. The first-order chi connectivity index (χ1) is 12.0. The maximum absolute atomic E-state index is 13.0. The van der Waals surface area contributed by atoms with Crippen LogP contribution in [0, 0.1) is 13.8 Å². The van der Waals surface area contributed by atoms with Crippen molar-refractivity contribution in [2.24, 2.45) is 7.05 Å². The van der Waals surface area contributed by atoms with Crippen molar-refractivity contribution in [1.29, 1.82) is 0 Å². The minimum atomic E-state index is 0.0904. The molecule has 0 N–H and O–H groups in total. The summed E-state index contributed by atoms with van der Waals surface area (Å²) in [6.07, 6.45) is 5.93. The van der Waals surface area contributed by atoms with Gasteiger partial charge in [0, 0.05) is 38.1 Å². The Kier molecular flexibility index (Phi) is 3.82. The lowest BCUT2D eigenvalue weighted by Gasteiger charge is -2.34. The highest BCUT2D eigenvalue weighted by molar-refractivity contribution is 5.97. The van der Waals surface area contributed by atoms with E-state index in [1.807, 2.05) is 61.0 Å². The summed E-state index contributed by atoms with van der Waals surface area (Å²) in [7, 11) is 1.99. The summed E-state index contributed by atoms with van der Waals surface area (Å²) in [5.41, 5.74) is 2.65. The largest absolute Gasteiger partial charge is 0.337 e. The van der Waals surface area contributed by atoms with Crippen LogP contribution in [0.25, 0.3) is 11.0 Å². The lowest BCUT2D eigenvalue weighted by molar-refractivity contribution is 0.0678. The second kappa shape index (κ2) is 6.02. The van der Waals surface area contributed by atoms with Crippen molar-refractivity contribution in [3.63, 3.8) is 0 Å². The highest BCUT2D eigenvalue weighted by Crippen LogP contribution is 2.25. The summed E-state index contributed by atoms with van der Waals surface area (Å²) in [5.74, 6) is 2.05. The van der Waals surface area contributed by atoms with Gasteiger partial charge in [-0.05, 0) is 44.9 Å². The SMILES string of the molecule is Cc1nccn1[C@H]1CCCN(C(=O)c2ccc3c(c2)nc(C)n3C)C1. The van der Waals surface area contributed by atoms with Crippen molar-refractivity contribution in [3.8, 4) is 0 Å². The molecule has 0 bridgehead atoms. The molecule has 0 spiro atoms. The van der Waals surface area contributed by atoms with Crippen LogP contribution in [0.3, 0.4) is 0 Å². The van der Waals surface area contributed by atoms with Crippen molar-refractivity contribution >= 4 is 16.9 Å². The summed E-state index contributed by atoms with van der Waals surface area (Å²) in [6, 6.07) is 6.12. The van der Waals surface area contributed by atoms with Crippen molar-refractivity contribution in [2.75, 3.05) is 13.1 Å². The van der Waals surface area contributed by atoms with Gasteiger partial charge in [-0.3, -0.25) is 4.79 Å². The van der Waals surface area contributed by atoms with E-state index in [9.17, 15) is 4.79 Å². The van der Waals surface area contributed by atoms with Crippen LogP contribution >= 0.6 is 0 Å². The third-order valence-corrected chi connectivity index (χ3v) is 5.29. The van der Waals surface area contributed by atoms with E-state index in [-0.39, 0.29) is 5.91 Å². The number of aryl methyl sites for hydroxylation is 3. The summed E-state index contributed by atoms with van der Waals surface area (Å²) >= 11 is 0. The van der Waals surface area contributed by atoms with Crippen LogP contribution in [0.4, 0.5) is 0 Å². The molecule has 6 nitrogen and oxygen atoms in total. The quantitative estimate of drug-likeness (QED) is 0.722. The highest BCUT2D eigenvalue weighted by atomic mass is 16.2. The number of aromatic nitrogens is 4. The summed E-state index contributed by atoms with van der Waals surface area (Å²) in [5, 5.41) is 0. The maximum atomic E-state index is 13.0. The normalized spacial score (nSPS) is 18.0. The molecule has 1 aliphatic heterocycles. The number of benzene rings is 1. The Balaban J connectivity index is 1.59. The molecule has 25 heavy (non-hydrogen) atoms. The van der Waals surface area contributed by atoms with E-state index >= 15 is 0 Å². The van der Waals surface area contributed by atoms with Crippen molar-refractivity contribution in [2.45, 2.75) is 32.7 Å². The first-order valence-electron chi connectivity index (χ1n) is 8.76. The zero-order chi connectivity index (χ0) is 17.6. The number of carbonyl (C=O) groups is 1. The second-order valence-corrected chi connectivity index (χ2v) is 6.85. The fourth-order valence-corrected chi connectivity index (χ4v) is 3.78. The summed E-state index contributed by atoms with van der Waals surface area (Å²) < 4.78 is 4.23. The molecule has 1 aliphatic rings. The van der Waals surface area contributed by atoms with Gasteiger partial charge in [-0.1, -0.05) is 0 Å². The molecule has 1 saturated heterocycles. The van der Waals surface area contributed by atoms with E-state index < -0.39 is 0 Å². The number of amides is 1. The van der Waals surface area contributed by atoms with Gasteiger partial charge in [-0.15, -0.1) is 0 Å². The van der Waals surface area contributed by atoms with E-state index in [1.165, 1.54) is 0 Å². The van der Waals surface area contributed by atoms with E-state index in [0.717, 1.165) is 48.6 Å². The molecule has 0 unspecified atom stereocenters. The van der Waals surface area contributed by atoms with Crippen LogP contribution in [-0.4, -0.2) is 43.0 Å². The Morgan fingerprint density at radius 2 is 2.08 bits per heavy atom. The maximum Gasteiger partial charge on any atom is 0.254 e. The number of rotatable bonds is 2. The summed E-state index contributed by atoms with van der Waals surface area (Å²) in [6.45, 7) is 5.53. The van der Waals surface area contributed by atoms with Gasteiger partial charge >= 0.3 is 0 Å². The number of hydrogen-bond acceptors (Lipinski definition) is 3. The smallest absolute Gasteiger partial charge is 0.254 e. The van der Waals surface area contributed by atoms with Crippen molar-refractivity contribution in [1.82, 2.24) is 24.0 Å². The average Bonchev–Trinajstić information content (AvgIpc) is 3.17. The molecule has 1 amide bonds. The minimum Gasteiger partial charge on any atom is -0.337 e. The molecule has 3 aromatic rings. The first kappa shape index (κ1) is 15.9. The molecule has 0 aliphatic carbocycles. The van der Waals surface area contributed by atoms with E-state index in [4.69, 9.17) is 0 Å². The van der Waals surface area contributed by atoms with Crippen LogP contribution in [0.15, 0.2) is 30.6 Å². The predicted molar refractivity (Wildman–Crippen MR) is 96.6 cm³/mol. The Labute approximate surface area is 147 Å². The second-order valence-electron chi connectivity index (χ2n) is 6.85. The lowest BCUT2D eigenvalue weighted by atomic mass is 10.0. The summed E-state index contributed by atoms with van der Waals surface area (Å²) in [4.78, 5) is 23.8. The predicted octanol–water partition coefficient (Wildman–Crippen LogP) is 2.86. The Morgan fingerprint density at radius 1 is 1.24 bits per heavy atom. The first-order valence-corrected chi connectivity index (χ1v) is 8.76. The number of fused-ring (bicyclic) bond motifs is 1. The molecular formula is C19H23N5O. The van der Waals surface area contributed by atoms with Gasteiger partial charge in [-0.2, -0.15) is 0 Å². The number of piperidine rings is 1. The van der Waals surface area contributed by atoms with Gasteiger partial charge in [0.15, 0.2) is 0 Å². The van der Waals surface area contributed by atoms with E-state index in [1.54, 1.807) is 0 Å². The van der Waals surface area contributed by atoms with Crippen LogP contribution in [-0.2, 0) is 7.05 Å². The van der Waals surface area contributed by atoms with Gasteiger partial charge in [0.25, 0.3) is 5.91 Å². The molecule has 4 rings (SSSR count). The van der Waals surface area contributed by atoms with Crippen LogP contribution in [0.5, 0.6) is 0 Å². The van der Waals surface area contributed by atoms with Gasteiger partial charge in [0.05, 0.1) is 17.1 Å². The molecule has 130 valence electrons. The molecule has 2 aromatic heterocycles. The van der Waals surface area contributed by atoms with Gasteiger partial charge < -0.3 is 14.0 Å². The van der Waals surface area contributed by atoms with Gasteiger partial charge in [0.1, 0.15) is 11.6 Å². The number of carbonyl (C=O) groups excluding carboxylic acids is 1. The topological polar surface area (TPSA) is 56.0 Å². The third-order valence-electron chi connectivity index (χ3n) is 5.29. The average molecular weight is 337 g/mol. The van der Waals surface area contributed by atoms with Crippen molar-refractivity contribution < 1.29 is 4.79 Å². The molecule has 1 atom stereocenters. The zero-order valence-corrected chi connectivity index (χ0v) is 14.9. The number of hydrogen-bond donors (Lipinski definition) is 0. The Hall–Kier alpha value is -2.63.